The number of hydrogen-bond acceptors (Lipinski definition) is 5. The predicted octanol–water partition coefficient (Wildman–Crippen LogP) is 2.46. The number of Topliss-reactive ketones (excluding diaryl/α,β-unsaturated/α-hetero) is 1. The average molecular weight is 324 g/mol. The third-order valence-electron chi connectivity index (χ3n) is 2.61. The normalized spacial score (nSPS) is 21.8. The monoisotopic (exact) mass is 323 g/mol. The van der Waals surface area contributed by atoms with Gasteiger partial charge in [0.15, 0.2) is 5.78 Å². The summed E-state index contributed by atoms with van der Waals surface area (Å²) in [6.07, 6.45) is -0.145. The lowest BCUT2D eigenvalue weighted by atomic mass is 10.0. The van der Waals surface area contributed by atoms with Crippen LogP contribution in [0.25, 0.3) is 0 Å². The first kappa shape index (κ1) is 13.5. The lowest BCUT2D eigenvalue weighted by Crippen LogP contribution is -2.35. The second kappa shape index (κ2) is 5.00. The summed E-state index contributed by atoms with van der Waals surface area (Å²) >= 11 is 3.17. The van der Waals surface area contributed by atoms with Crippen molar-refractivity contribution in [3.8, 4) is 0 Å². The summed E-state index contributed by atoms with van der Waals surface area (Å²) in [6.45, 7) is 1.56. The third kappa shape index (κ3) is 2.76. The molecule has 0 saturated carbocycles. The number of benzene rings is 1. The fraction of sp³-hybridized carbons (Fsp3) is 0.250. The number of carbonyl (C=O) groups excluding carboxylic acids is 1. The molecule has 1 aromatic rings. The summed E-state index contributed by atoms with van der Waals surface area (Å²) in [5.41, 5.74) is 0.490. The molecule has 0 spiro atoms. The zero-order valence-corrected chi connectivity index (χ0v) is 11.6. The molecule has 1 aromatic carbocycles. The number of rotatable bonds is 3. The molecule has 0 amide bonds. The van der Waals surface area contributed by atoms with Crippen LogP contribution in [0.5, 0.6) is 0 Å². The largest absolute Gasteiger partial charge is 0.380 e. The van der Waals surface area contributed by atoms with Crippen LogP contribution >= 0.6 is 15.9 Å². The van der Waals surface area contributed by atoms with Crippen molar-refractivity contribution in [2.45, 2.75) is 17.8 Å². The van der Waals surface area contributed by atoms with Crippen LogP contribution in [0, 0.1) is 10.1 Å². The Hall–Kier alpha value is -1.89. The van der Waals surface area contributed by atoms with Gasteiger partial charge in [-0.1, -0.05) is 30.3 Å². The standard InChI is InChI=1S/C12H10BrN3O3/c1-8-14-11(16(18)19)12(13,15-8)7-10(17)9-5-3-2-4-6-9/h2-6H,7H2,1H3. The molecule has 1 aliphatic heterocycles. The Morgan fingerprint density at radius 1 is 1.42 bits per heavy atom. The summed E-state index contributed by atoms with van der Waals surface area (Å²) in [4.78, 5) is 30.2. The van der Waals surface area contributed by atoms with Crippen LogP contribution < -0.4 is 0 Å². The van der Waals surface area contributed by atoms with E-state index in [-0.39, 0.29) is 23.9 Å². The number of halogens is 1. The molecule has 0 aliphatic carbocycles. The van der Waals surface area contributed by atoms with E-state index < -0.39 is 9.37 Å². The first-order chi connectivity index (χ1) is 8.92. The van der Waals surface area contributed by atoms with Gasteiger partial charge in [-0.2, -0.15) is 0 Å². The van der Waals surface area contributed by atoms with Crippen LogP contribution in [0.4, 0.5) is 0 Å². The highest BCUT2D eigenvalue weighted by Gasteiger charge is 2.48. The van der Waals surface area contributed by atoms with Crippen LogP contribution in [0.1, 0.15) is 23.7 Å². The van der Waals surface area contributed by atoms with Gasteiger partial charge in [-0.3, -0.25) is 4.79 Å². The van der Waals surface area contributed by atoms with E-state index in [4.69, 9.17) is 0 Å². The Bertz CT molecular complexity index is 597. The fourth-order valence-electron chi connectivity index (χ4n) is 1.81. The van der Waals surface area contributed by atoms with E-state index in [0.29, 0.717) is 5.56 Å². The van der Waals surface area contributed by atoms with Gasteiger partial charge >= 0.3 is 5.84 Å². The molecule has 1 aliphatic rings. The number of carbonyl (C=O) groups is 1. The lowest BCUT2D eigenvalue weighted by Gasteiger charge is -2.14. The van der Waals surface area contributed by atoms with E-state index in [9.17, 15) is 14.9 Å². The van der Waals surface area contributed by atoms with E-state index in [2.05, 4.69) is 25.9 Å². The molecule has 2 rings (SSSR count). The number of ketones is 1. The molecule has 1 atom stereocenters. The average Bonchev–Trinajstić information content (AvgIpc) is 2.65. The fourth-order valence-corrected chi connectivity index (χ4v) is 2.55. The molecule has 1 heterocycles. The number of nitrogens with zero attached hydrogens (tertiary/aromatic N) is 3. The Balaban J connectivity index is 2.25. The van der Waals surface area contributed by atoms with Crippen LogP contribution in [-0.4, -0.2) is 26.8 Å². The van der Waals surface area contributed by atoms with E-state index in [0.717, 1.165) is 0 Å². The van der Waals surface area contributed by atoms with Crippen molar-refractivity contribution in [1.29, 1.82) is 0 Å². The highest BCUT2D eigenvalue weighted by atomic mass is 79.9. The maximum atomic E-state index is 12.1. The molecule has 0 saturated heterocycles. The summed E-state index contributed by atoms with van der Waals surface area (Å²) in [7, 11) is 0. The van der Waals surface area contributed by atoms with Crippen LogP contribution in [-0.2, 0) is 0 Å². The summed E-state index contributed by atoms with van der Waals surface area (Å²) in [5, 5.41) is 10.9. The molecule has 98 valence electrons. The molecule has 6 nitrogen and oxygen atoms in total. The zero-order chi connectivity index (χ0) is 14.0. The van der Waals surface area contributed by atoms with E-state index >= 15 is 0 Å². The quantitative estimate of drug-likeness (QED) is 0.281. The van der Waals surface area contributed by atoms with Crippen molar-refractivity contribution in [2.24, 2.45) is 9.98 Å². The Kier molecular flexibility index (Phi) is 3.57. The minimum atomic E-state index is -1.37. The van der Waals surface area contributed by atoms with Crippen molar-refractivity contribution in [3.05, 3.63) is 46.0 Å². The molecule has 0 bridgehead atoms. The summed E-state index contributed by atoms with van der Waals surface area (Å²) in [5.74, 6) is -0.302. The van der Waals surface area contributed by atoms with Crippen molar-refractivity contribution in [3.63, 3.8) is 0 Å². The maximum absolute atomic E-state index is 12.1. The number of nitro groups is 1. The molecule has 0 aromatic heterocycles. The van der Waals surface area contributed by atoms with Crippen molar-refractivity contribution < 1.29 is 9.72 Å². The molecule has 7 heteroatoms. The van der Waals surface area contributed by atoms with Crippen LogP contribution in [0.15, 0.2) is 40.3 Å². The van der Waals surface area contributed by atoms with Gasteiger partial charge < -0.3 is 10.1 Å². The first-order valence-electron chi connectivity index (χ1n) is 5.49. The number of aliphatic imine (C=N–C) groups is 2. The molecule has 1 unspecified atom stereocenters. The SMILES string of the molecule is CC1=NC(Br)(CC(=O)c2ccccc2)C([N+](=O)[O-])=N1. The van der Waals surface area contributed by atoms with Crippen molar-refractivity contribution in [1.82, 2.24) is 0 Å². The molecular formula is C12H10BrN3O3. The molecule has 0 N–H and O–H groups in total. The van der Waals surface area contributed by atoms with Crippen molar-refractivity contribution in [2.75, 3.05) is 0 Å². The number of hydrogen-bond donors (Lipinski definition) is 0. The van der Waals surface area contributed by atoms with Crippen LogP contribution in [0.3, 0.4) is 0 Å². The predicted molar refractivity (Wildman–Crippen MR) is 74.6 cm³/mol. The van der Waals surface area contributed by atoms with Crippen molar-refractivity contribution >= 4 is 33.4 Å². The van der Waals surface area contributed by atoms with Gasteiger partial charge in [-0.05, 0) is 25.8 Å². The third-order valence-corrected chi connectivity index (χ3v) is 3.43. The van der Waals surface area contributed by atoms with Gasteiger partial charge in [0.25, 0.3) is 0 Å². The second-order valence-electron chi connectivity index (χ2n) is 4.08. The van der Waals surface area contributed by atoms with E-state index in [1.165, 1.54) is 0 Å². The van der Waals surface area contributed by atoms with Gasteiger partial charge in [-0.25, -0.2) is 4.99 Å². The highest BCUT2D eigenvalue weighted by Crippen LogP contribution is 2.32. The molecule has 19 heavy (non-hydrogen) atoms. The molecular weight excluding hydrogens is 314 g/mol. The lowest BCUT2D eigenvalue weighted by molar-refractivity contribution is -0.354. The van der Waals surface area contributed by atoms with Gasteiger partial charge in [0.2, 0.25) is 10.3 Å². The molecule has 0 radical (unpaired) electrons. The Morgan fingerprint density at radius 2 is 2.05 bits per heavy atom. The van der Waals surface area contributed by atoms with Gasteiger partial charge in [-0.15, -0.1) is 0 Å². The van der Waals surface area contributed by atoms with Gasteiger partial charge in [0.05, 0.1) is 6.42 Å². The second-order valence-corrected chi connectivity index (χ2v) is 5.39. The zero-order valence-electron chi connectivity index (χ0n) is 10.0. The molecule has 0 fully saturated rings. The Labute approximate surface area is 117 Å². The Morgan fingerprint density at radius 3 is 2.63 bits per heavy atom. The van der Waals surface area contributed by atoms with Crippen LogP contribution in [0.2, 0.25) is 0 Å². The smallest absolute Gasteiger partial charge is 0.358 e. The highest BCUT2D eigenvalue weighted by molar-refractivity contribution is 9.10. The summed E-state index contributed by atoms with van der Waals surface area (Å²) in [6, 6.07) is 8.59. The number of alkyl halides is 1. The number of amidine groups is 2. The van der Waals surface area contributed by atoms with E-state index in [1.54, 1.807) is 37.3 Å². The first-order valence-corrected chi connectivity index (χ1v) is 6.29. The maximum Gasteiger partial charge on any atom is 0.380 e. The van der Waals surface area contributed by atoms with Gasteiger partial charge in [0.1, 0.15) is 0 Å². The van der Waals surface area contributed by atoms with E-state index in [1.807, 2.05) is 0 Å². The minimum absolute atomic E-state index is 0.145. The summed E-state index contributed by atoms with van der Waals surface area (Å²) < 4.78 is -1.37. The topological polar surface area (TPSA) is 84.9 Å². The minimum Gasteiger partial charge on any atom is -0.358 e. The van der Waals surface area contributed by atoms with Gasteiger partial charge in [0, 0.05) is 12.5 Å².